The molecule has 158 valence electrons. The molecule has 0 aliphatic carbocycles. The van der Waals surface area contributed by atoms with Crippen LogP contribution in [0.3, 0.4) is 0 Å². The highest BCUT2D eigenvalue weighted by atomic mass is 32.2. The van der Waals surface area contributed by atoms with Crippen LogP contribution in [0.5, 0.6) is 0 Å². The maximum absolute atomic E-state index is 12.9. The molecule has 1 N–H and O–H groups in total. The van der Waals surface area contributed by atoms with Crippen molar-refractivity contribution in [3.63, 3.8) is 0 Å². The smallest absolute Gasteiger partial charge is 0.416 e. The number of carbonyl (C=O) groups excluding carboxylic acids is 1. The minimum Gasteiger partial charge on any atom is -0.462 e. The molecule has 1 heterocycles. The van der Waals surface area contributed by atoms with Gasteiger partial charge in [-0.15, -0.1) is 0 Å². The summed E-state index contributed by atoms with van der Waals surface area (Å²) >= 11 is 0. The van der Waals surface area contributed by atoms with Crippen LogP contribution in [-0.2, 0) is 20.8 Å². The van der Waals surface area contributed by atoms with Gasteiger partial charge in [0.25, 0.3) is 0 Å². The van der Waals surface area contributed by atoms with Crippen LogP contribution in [0.25, 0.3) is 22.4 Å². The Morgan fingerprint density at radius 1 is 1.07 bits per heavy atom. The summed E-state index contributed by atoms with van der Waals surface area (Å²) in [6.07, 6.45) is -2.02. The van der Waals surface area contributed by atoms with Gasteiger partial charge in [0, 0.05) is 18.0 Å². The molecule has 3 rings (SSSR count). The molecular formula is C21H18F3NO4S. The van der Waals surface area contributed by atoms with Crippen LogP contribution in [0.2, 0.25) is 0 Å². The Bertz CT molecular complexity index is 1180. The number of halogens is 3. The molecule has 0 fully saturated rings. The van der Waals surface area contributed by atoms with E-state index in [4.69, 9.17) is 4.74 Å². The van der Waals surface area contributed by atoms with Gasteiger partial charge in [0.15, 0.2) is 9.84 Å². The molecule has 0 amide bonds. The third kappa shape index (κ3) is 4.40. The van der Waals surface area contributed by atoms with Crippen molar-refractivity contribution < 1.29 is 31.1 Å². The largest absolute Gasteiger partial charge is 0.462 e. The number of rotatable bonds is 5. The average Bonchev–Trinajstić information content (AvgIpc) is 3.12. The zero-order valence-electron chi connectivity index (χ0n) is 16.1. The van der Waals surface area contributed by atoms with Crippen LogP contribution in [0.1, 0.15) is 22.8 Å². The van der Waals surface area contributed by atoms with Crippen LogP contribution in [0.15, 0.2) is 59.6 Å². The predicted molar refractivity (Wildman–Crippen MR) is 106 cm³/mol. The van der Waals surface area contributed by atoms with Crippen molar-refractivity contribution >= 4 is 15.8 Å². The molecule has 5 nitrogen and oxygen atoms in total. The molecule has 0 unspecified atom stereocenters. The van der Waals surface area contributed by atoms with E-state index in [9.17, 15) is 26.4 Å². The number of hydrogen-bond acceptors (Lipinski definition) is 4. The van der Waals surface area contributed by atoms with Gasteiger partial charge in [0.1, 0.15) is 0 Å². The first-order valence-electron chi connectivity index (χ1n) is 8.89. The zero-order valence-corrected chi connectivity index (χ0v) is 16.9. The molecule has 30 heavy (non-hydrogen) atoms. The second kappa shape index (κ2) is 7.98. The normalized spacial score (nSPS) is 12.0. The molecule has 2 aromatic carbocycles. The van der Waals surface area contributed by atoms with E-state index in [2.05, 4.69) is 4.98 Å². The number of aromatic amines is 1. The van der Waals surface area contributed by atoms with E-state index in [1.807, 2.05) is 0 Å². The van der Waals surface area contributed by atoms with E-state index in [1.165, 1.54) is 36.5 Å². The summed E-state index contributed by atoms with van der Waals surface area (Å²) in [5, 5.41) is 0. The fourth-order valence-corrected chi connectivity index (χ4v) is 3.70. The fourth-order valence-electron chi connectivity index (χ4n) is 3.03. The van der Waals surface area contributed by atoms with Crippen molar-refractivity contribution in [3.8, 4) is 22.4 Å². The minimum atomic E-state index is -4.48. The molecule has 0 saturated heterocycles. The van der Waals surface area contributed by atoms with Gasteiger partial charge in [-0.25, -0.2) is 13.2 Å². The summed E-state index contributed by atoms with van der Waals surface area (Å²) in [5.74, 6) is -0.633. The Hall–Kier alpha value is -3.07. The highest BCUT2D eigenvalue weighted by Crippen LogP contribution is 2.37. The summed E-state index contributed by atoms with van der Waals surface area (Å²) in [4.78, 5) is 15.4. The number of sulfone groups is 1. The summed E-state index contributed by atoms with van der Waals surface area (Å²) in [5.41, 5.74) is 0.882. The van der Waals surface area contributed by atoms with Gasteiger partial charge >= 0.3 is 12.1 Å². The van der Waals surface area contributed by atoms with E-state index in [1.54, 1.807) is 13.0 Å². The highest BCUT2D eigenvalue weighted by Gasteiger charge is 2.30. The Balaban J connectivity index is 2.20. The molecule has 0 saturated carbocycles. The van der Waals surface area contributed by atoms with E-state index in [0.717, 1.165) is 18.4 Å². The molecule has 0 aliphatic heterocycles. The summed E-state index contributed by atoms with van der Waals surface area (Å²) in [7, 11) is -3.51. The van der Waals surface area contributed by atoms with E-state index in [-0.39, 0.29) is 17.1 Å². The first-order chi connectivity index (χ1) is 14.0. The standard InChI is InChI=1S/C21H18F3NO4S/c1-3-29-20(26)17-12-25-19(13-7-9-15(10-8-13)21(22,23)24)18(17)14-5-4-6-16(11-14)30(2,27)28/h4-12,25H,3H2,1-2H3. The molecule has 3 aromatic rings. The molecule has 0 bridgehead atoms. The van der Waals surface area contributed by atoms with E-state index >= 15 is 0 Å². The minimum absolute atomic E-state index is 0.0504. The third-order valence-electron chi connectivity index (χ3n) is 4.43. The molecule has 0 spiro atoms. The van der Waals surface area contributed by atoms with Crippen LogP contribution in [0, 0.1) is 0 Å². The maximum Gasteiger partial charge on any atom is 0.416 e. The van der Waals surface area contributed by atoms with Gasteiger partial charge in [-0.1, -0.05) is 24.3 Å². The molecule has 1 aromatic heterocycles. The first kappa shape index (κ1) is 21.6. The molecule has 0 atom stereocenters. The molecule has 0 radical (unpaired) electrons. The highest BCUT2D eigenvalue weighted by molar-refractivity contribution is 7.90. The zero-order chi connectivity index (χ0) is 22.1. The van der Waals surface area contributed by atoms with Gasteiger partial charge < -0.3 is 9.72 Å². The van der Waals surface area contributed by atoms with E-state index in [0.29, 0.717) is 22.4 Å². The van der Waals surface area contributed by atoms with Crippen molar-refractivity contribution in [3.05, 3.63) is 65.9 Å². The van der Waals surface area contributed by atoms with Gasteiger partial charge in [0.2, 0.25) is 0 Å². The predicted octanol–water partition coefficient (Wildman–Crippen LogP) is 4.95. The van der Waals surface area contributed by atoms with Crippen molar-refractivity contribution in [2.24, 2.45) is 0 Å². The lowest BCUT2D eigenvalue weighted by molar-refractivity contribution is -0.137. The third-order valence-corrected chi connectivity index (χ3v) is 5.54. The number of aromatic nitrogens is 1. The Labute approximate surface area is 171 Å². The maximum atomic E-state index is 12.9. The quantitative estimate of drug-likeness (QED) is 0.573. The number of carbonyl (C=O) groups is 1. The van der Waals surface area contributed by atoms with Gasteiger partial charge in [-0.2, -0.15) is 13.2 Å². The lowest BCUT2D eigenvalue weighted by Crippen LogP contribution is -2.05. The number of esters is 1. The Morgan fingerprint density at radius 2 is 1.73 bits per heavy atom. The van der Waals surface area contributed by atoms with Gasteiger partial charge in [-0.3, -0.25) is 0 Å². The number of benzene rings is 2. The lowest BCUT2D eigenvalue weighted by atomic mass is 9.97. The fraction of sp³-hybridized carbons (Fsp3) is 0.190. The summed E-state index contributed by atoms with van der Waals surface area (Å²) in [6, 6.07) is 10.4. The average molecular weight is 437 g/mol. The van der Waals surface area contributed by atoms with Crippen LogP contribution < -0.4 is 0 Å². The molecule has 0 aliphatic rings. The van der Waals surface area contributed by atoms with Crippen molar-refractivity contribution in [2.45, 2.75) is 18.0 Å². The Morgan fingerprint density at radius 3 is 2.30 bits per heavy atom. The van der Waals surface area contributed by atoms with Gasteiger partial charge in [0.05, 0.1) is 28.3 Å². The number of H-pyrrole nitrogens is 1. The second-order valence-corrected chi connectivity index (χ2v) is 8.56. The SMILES string of the molecule is CCOC(=O)c1c[nH]c(-c2ccc(C(F)(F)F)cc2)c1-c1cccc(S(C)(=O)=O)c1. The molecule has 9 heteroatoms. The molecular weight excluding hydrogens is 419 g/mol. The van der Waals surface area contributed by atoms with Crippen molar-refractivity contribution in [1.82, 2.24) is 4.98 Å². The van der Waals surface area contributed by atoms with Crippen molar-refractivity contribution in [2.75, 3.05) is 12.9 Å². The monoisotopic (exact) mass is 437 g/mol. The van der Waals surface area contributed by atoms with Crippen LogP contribution >= 0.6 is 0 Å². The van der Waals surface area contributed by atoms with Crippen LogP contribution in [-0.4, -0.2) is 32.2 Å². The van der Waals surface area contributed by atoms with E-state index < -0.39 is 27.5 Å². The Kier molecular flexibility index (Phi) is 5.76. The number of nitrogens with one attached hydrogen (secondary N) is 1. The topological polar surface area (TPSA) is 76.2 Å². The number of hydrogen-bond donors (Lipinski definition) is 1. The van der Waals surface area contributed by atoms with Crippen LogP contribution in [0.4, 0.5) is 13.2 Å². The van der Waals surface area contributed by atoms with Crippen molar-refractivity contribution in [1.29, 1.82) is 0 Å². The summed E-state index contributed by atoms with van der Waals surface area (Å²) < 4.78 is 67.7. The first-order valence-corrected chi connectivity index (χ1v) is 10.8. The van der Waals surface area contributed by atoms with Gasteiger partial charge in [-0.05, 0) is 42.3 Å². The number of ether oxygens (including phenoxy) is 1. The second-order valence-electron chi connectivity index (χ2n) is 6.55. The summed E-state index contributed by atoms with van der Waals surface area (Å²) in [6.45, 7) is 1.77. The lowest BCUT2D eigenvalue weighted by Gasteiger charge is -2.11. The number of alkyl halides is 3.